The minimum absolute atomic E-state index is 0.348. The van der Waals surface area contributed by atoms with E-state index in [1.54, 1.807) is 0 Å². The van der Waals surface area contributed by atoms with Crippen LogP contribution in [0, 0.1) is 5.92 Å². The third kappa shape index (κ3) is 2.74. The molecule has 1 aliphatic heterocycles. The summed E-state index contributed by atoms with van der Waals surface area (Å²) >= 11 is 0. The molecule has 2 fully saturated rings. The van der Waals surface area contributed by atoms with E-state index in [1.807, 2.05) is 0 Å². The van der Waals surface area contributed by atoms with Gasteiger partial charge in [-0.3, -0.25) is 4.79 Å². The number of carbonyl (C=O) groups excluding carboxylic acids is 1. The van der Waals surface area contributed by atoms with Crippen LogP contribution >= 0.6 is 0 Å². The van der Waals surface area contributed by atoms with E-state index >= 15 is 0 Å². The first kappa shape index (κ1) is 11.9. The van der Waals surface area contributed by atoms with Gasteiger partial charge >= 0.3 is 0 Å². The Kier molecular flexibility index (Phi) is 4.18. The second-order valence-corrected chi connectivity index (χ2v) is 4.94. The second kappa shape index (κ2) is 5.64. The summed E-state index contributed by atoms with van der Waals surface area (Å²) in [4.78, 5) is 16.5. The highest BCUT2D eigenvalue weighted by Crippen LogP contribution is 2.28. The minimum atomic E-state index is 0.348. The topological polar surface area (TPSA) is 49.6 Å². The summed E-state index contributed by atoms with van der Waals surface area (Å²) in [5, 5.41) is 0. The van der Waals surface area contributed by atoms with Crippen molar-refractivity contribution in [1.29, 1.82) is 0 Å². The predicted molar refractivity (Wildman–Crippen MR) is 64.0 cm³/mol. The Bertz CT molecular complexity index is 240. The van der Waals surface area contributed by atoms with E-state index in [4.69, 9.17) is 5.73 Å². The van der Waals surface area contributed by atoms with Crippen molar-refractivity contribution in [1.82, 2.24) is 9.80 Å². The highest BCUT2D eigenvalue weighted by atomic mass is 16.2. The zero-order valence-electron chi connectivity index (χ0n) is 10.0. The van der Waals surface area contributed by atoms with Crippen LogP contribution in [0.3, 0.4) is 0 Å². The van der Waals surface area contributed by atoms with Gasteiger partial charge < -0.3 is 15.5 Å². The van der Waals surface area contributed by atoms with E-state index in [0.717, 1.165) is 58.5 Å². The summed E-state index contributed by atoms with van der Waals surface area (Å²) in [5.41, 5.74) is 5.56. The summed E-state index contributed by atoms with van der Waals surface area (Å²) in [6.45, 7) is 5.61. The Hall–Kier alpha value is -0.610. The quantitative estimate of drug-likeness (QED) is 0.750. The third-order valence-electron chi connectivity index (χ3n) is 3.80. The maximum atomic E-state index is 12.1. The number of rotatable bonds is 3. The zero-order valence-corrected chi connectivity index (χ0v) is 10.0. The van der Waals surface area contributed by atoms with Crippen molar-refractivity contribution in [3.8, 4) is 0 Å². The molecule has 0 aromatic heterocycles. The lowest BCUT2D eigenvalue weighted by atomic mass is 9.84. The first-order chi connectivity index (χ1) is 7.81. The molecule has 0 bridgehead atoms. The van der Waals surface area contributed by atoms with Crippen LogP contribution in [0.25, 0.3) is 0 Å². The molecule has 0 aromatic rings. The molecule has 92 valence electrons. The Morgan fingerprint density at radius 3 is 2.56 bits per heavy atom. The van der Waals surface area contributed by atoms with Gasteiger partial charge in [-0.2, -0.15) is 0 Å². The van der Waals surface area contributed by atoms with Crippen LogP contribution < -0.4 is 5.73 Å². The summed E-state index contributed by atoms with van der Waals surface area (Å²) in [6.07, 6.45) is 4.56. The molecule has 2 aliphatic rings. The molecule has 1 heterocycles. The number of hydrogen-bond acceptors (Lipinski definition) is 3. The summed E-state index contributed by atoms with van der Waals surface area (Å²) in [5.74, 6) is 0.752. The SMILES string of the molecule is NCCN1CCCN(C(=O)C2CCC2)CC1. The van der Waals surface area contributed by atoms with Crippen LogP contribution in [-0.2, 0) is 4.79 Å². The first-order valence-electron chi connectivity index (χ1n) is 6.52. The van der Waals surface area contributed by atoms with Crippen molar-refractivity contribution in [2.75, 3.05) is 39.3 Å². The van der Waals surface area contributed by atoms with Crippen molar-refractivity contribution in [3.63, 3.8) is 0 Å². The standard InChI is InChI=1S/C12H23N3O/c13-5-8-14-6-2-7-15(10-9-14)12(16)11-3-1-4-11/h11H,1-10,13H2. The van der Waals surface area contributed by atoms with Gasteiger partial charge in [-0.05, 0) is 25.8 Å². The van der Waals surface area contributed by atoms with Gasteiger partial charge in [0, 0.05) is 38.6 Å². The van der Waals surface area contributed by atoms with Crippen LogP contribution in [0.15, 0.2) is 0 Å². The monoisotopic (exact) mass is 225 g/mol. The van der Waals surface area contributed by atoms with E-state index in [0.29, 0.717) is 11.8 Å². The molecule has 1 aliphatic carbocycles. The molecule has 2 N–H and O–H groups in total. The number of nitrogens with zero attached hydrogens (tertiary/aromatic N) is 2. The summed E-state index contributed by atoms with van der Waals surface area (Å²) in [7, 11) is 0. The van der Waals surface area contributed by atoms with Crippen LogP contribution in [-0.4, -0.2) is 55.0 Å². The second-order valence-electron chi connectivity index (χ2n) is 4.94. The van der Waals surface area contributed by atoms with E-state index in [-0.39, 0.29) is 0 Å². The Morgan fingerprint density at radius 1 is 1.12 bits per heavy atom. The van der Waals surface area contributed by atoms with Gasteiger partial charge in [0.25, 0.3) is 0 Å². The molecule has 0 radical (unpaired) electrons. The Labute approximate surface area is 97.8 Å². The van der Waals surface area contributed by atoms with Crippen molar-refractivity contribution in [2.24, 2.45) is 11.7 Å². The Balaban J connectivity index is 1.80. The predicted octanol–water partition coefficient (Wildman–Crippen LogP) is 0.279. The van der Waals surface area contributed by atoms with E-state index in [2.05, 4.69) is 9.80 Å². The highest BCUT2D eigenvalue weighted by molar-refractivity contribution is 5.79. The fraction of sp³-hybridized carbons (Fsp3) is 0.917. The lowest BCUT2D eigenvalue weighted by molar-refractivity contribution is -0.138. The third-order valence-corrected chi connectivity index (χ3v) is 3.80. The van der Waals surface area contributed by atoms with Crippen molar-refractivity contribution >= 4 is 5.91 Å². The minimum Gasteiger partial charge on any atom is -0.341 e. The van der Waals surface area contributed by atoms with Crippen molar-refractivity contribution in [2.45, 2.75) is 25.7 Å². The molecule has 0 spiro atoms. The molecule has 1 amide bonds. The average Bonchev–Trinajstić information content (AvgIpc) is 2.41. The lowest BCUT2D eigenvalue weighted by Crippen LogP contribution is -2.41. The molecule has 4 nitrogen and oxygen atoms in total. The number of amides is 1. The van der Waals surface area contributed by atoms with E-state index in [9.17, 15) is 4.79 Å². The van der Waals surface area contributed by atoms with Gasteiger partial charge in [0.2, 0.25) is 5.91 Å². The molecule has 4 heteroatoms. The molecule has 0 aromatic carbocycles. The first-order valence-corrected chi connectivity index (χ1v) is 6.52. The fourth-order valence-corrected chi connectivity index (χ4v) is 2.51. The van der Waals surface area contributed by atoms with Crippen LogP contribution in [0.2, 0.25) is 0 Å². The van der Waals surface area contributed by atoms with E-state index < -0.39 is 0 Å². The summed E-state index contributed by atoms with van der Waals surface area (Å²) < 4.78 is 0. The van der Waals surface area contributed by atoms with Crippen LogP contribution in [0.5, 0.6) is 0 Å². The molecule has 0 atom stereocenters. The van der Waals surface area contributed by atoms with Crippen LogP contribution in [0.1, 0.15) is 25.7 Å². The molecule has 1 saturated carbocycles. The maximum Gasteiger partial charge on any atom is 0.225 e. The van der Waals surface area contributed by atoms with Gasteiger partial charge in [-0.1, -0.05) is 6.42 Å². The molecule has 1 saturated heterocycles. The number of hydrogen-bond donors (Lipinski definition) is 1. The maximum absolute atomic E-state index is 12.1. The largest absolute Gasteiger partial charge is 0.341 e. The van der Waals surface area contributed by atoms with Gasteiger partial charge in [-0.15, -0.1) is 0 Å². The molecule has 0 unspecified atom stereocenters. The zero-order chi connectivity index (χ0) is 11.4. The molecule has 2 rings (SSSR count). The fourth-order valence-electron chi connectivity index (χ4n) is 2.51. The molecular weight excluding hydrogens is 202 g/mol. The summed E-state index contributed by atoms with van der Waals surface area (Å²) in [6, 6.07) is 0. The highest BCUT2D eigenvalue weighted by Gasteiger charge is 2.30. The smallest absolute Gasteiger partial charge is 0.225 e. The number of nitrogens with two attached hydrogens (primary N) is 1. The molecule has 16 heavy (non-hydrogen) atoms. The average molecular weight is 225 g/mol. The van der Waals surface area contributed by atoms with Crippen LogP contribution in [0.4, 0.5) is 0 Å². The van der Waals surface area contributed by atoms with Crippen molar-refractivity contribution < 1.29 is 4.79 Å². The van der Waals surface area contributed by atoms with E-state index in [1.165, 1.54) is 6.42 Å². The van der Waals surface area contributed by atoms with Crippen molar-refractivity contribution in [3.05, 3.63) is 0 Å². The molecular formula is C12H23N3O. The number of carbonyl (C=O) groups is 1. The Morgan fingerprint density at radius 2 is 1.94 bits per heavy atom. The van der Waals surface area contributed by atoms with Gasteiger partial charge in [0.05, 0.1) is 0 Å². The van der Waals surface area contributed by atoms with Gasteiger partial charge in [0.15, 0.2) is 0 Å². The van der Waals surface area contributed by atoms with Gasteiger partial charge in [0.1, 0.15) is 0 Å². The van der Waals surface area contributed by atoms with Gasteiger partial charge in [-0.25, -0.2) is 0 Å². The lowest BCUT2D eigenvalue weighted by Gasteiger charge is -2.31. The normalized spacial score (nSPS) is 23.9.